The molecule has 3 N–H and O–H groups in total. The summed E-state index contributed by atoms with van der Waals surface area (Å²) >= 11 is 12.2. The summed E-state index contributed by atoms with van der Waals surface area (Å²) < 4.78 is 0. The van der Waals surface area contributed by atoms with Crippen LogP contribution in [-0.4, -0.2) is 29.9 Å². The van der Waals surface area contributed by atoms with E-state index in [9.17, 15) is 9.59 Å². The third-order valence-electron chi connectivity index (χ3n) is 3.79. The van der Waals surface area contributed by atoms with Crippen LogP contribution < -0.4 is 11.1 Å². The van der Waals surface area contributed by atoms with Gasteiger partial charge in [0.15, 0.2) is 0 Å². The number of carbonyl (C=O) groups excluding carboxylic acids is 2. The van der Waals surface area contributed by atoms with E-state index in [-0.39, 0.29) is 17.9 Å². The Kier molecular flexibility index (Phi) is 5.53. The first-order valence-electron chi connectivity index (χ1n) is 7.16. The first-order valence-corrected chi connectivity index (χ1v) is 7.92. The Morgan fingerprint density at radius 3 is 2.77 bits per heavy atom. The van der Waals surface area contributed by atoms with Gasteiger partial charge in [-0.2, -0.15) is 0 Å². The average molecular weight is 344 g/mol. The molecule has 22 heavy (non-hydrogen) atoms. The summed E-state index contributed by atoms with van der Waals surface area (Å²) in [7, 11) is 0. The van der Waals surface area contributed by atoms with Crippen LogP contribution in [0.2, 0.25) is 10.0 Å². The molecule has 1 saturated heterocycles. The molecule has 3 amide bonds. The molecule has 1 aromatic rings. The van der Waals surface area contributed by atoms with E-state index in [2.05, 4.69) is 5.32 Å². The highest BCUT2D eigenvalue weighted by atomic mass is 35.5. The average Bonchev–Trinajstić information content (AvgIpc) is 2.44. The van der Waals surface area contributed by atoms with E-state index in [0.29, 0.717) is 35.2 Å². The second kappa shape index (κ2) is 7.20. The summed E-state index contributed by atoms with van der Waals surface area (Å²) in [4.78, 5) is 25.0. The van der Waals surface area contributed by atoms with Gasteiger partial charge in [0.05, 0.1) is 10.7 Å². The number of nitrogens with two attached hydrogens (primary N) is 1. The van der Waals surface area contributed by atoms with Crippen LogP contribution in [0.5, 0.6) is 0 Å². The predicted molar refractivity (Wildman–Crippen MR) is 88.3 cm³/mol. The number of nitrogens with one attached hydrogen (secondary N) is 1. The summed E-state index contributed by atoms with van der Waals surface area (Å²) in [6.07, 6.45) is 2.07. The normalized spacial score (nSPS) is 18.1. The number of hydrogen-bond donors (Lipinski definition) is 2. The van der Waals surface area contributed by atoms with Crippen molar-refractivity contribution in [3.05, 3.63) is 27.7 Å². The molecule has 0 unspecified atom stereocenters. The van der Waals surface area contributed by atoms with E-state index in [0.717, 1.165) is 18.4 Å². The first-order chi connectivity index (χ1) is 10.4. The van der Waals surface area contributed by atoms with Gasteiger partial charge in [-0.15, -0.1) is 0 Å². The number of aryl methyl sites for hydroxylation is 1. The summed E-state index contributed by atoms with van der Waals surface area (Å²) in [5.41, 5.74) is 6.57. The lowest BCUT2D eigenvalue weighted by molar-refractivity contribution is -0.119. The Morgan fingerprint density at radius 2 is 2.09 bits per heavy atom. The molecule has 5 nitrogen and oxygen atoms in total. The molecular formula is C15H19Cl2N3O2. The molecule has 1 aliphatic heterocycles. The van der Waals surface area contributed by atoms with E-state index < -0.39 is 0 Å². The highest BCUT2D eigenvalue weighted by molar-refractivity contribution is 6.36. The molecule has 0 aromatic heterocycles. The largest absolute Gasteiger partial charge is 0.370 e. The van der Waals surface area contributed by atoms with Crippen molar-refractivity contribution in [1.82, 2.24) is 4.90 Å². The number of likely N-dealkylation sites (tertiary alicyclic amines) is 1. The number of carbonyl (C=O) groups is 2. The molecule has 1 atom stereocenters. The van der Waals surface area contributed by atoms with Gasteiger partial charge >= 0.3 is 6.03 Å². The number of urea groups is 1. The van der Waals surface area contributed by atoms with E-state index in [1.807, 2.05) is 6.92 Å². The molecule has 0 aliphatic carbocycles. The molecule has 0 bridgehead atoms. The number of hydrogen-bond acceptors (Lipinski definition) is 2. The molecule has 1 heterocycles. The van der Waals surface area contributed by atoms with Crippen molar-refractivity contribution < 1.29 is 9.59 Å². The van der Waals surface area contributed by atoms with Crippen LogP contribution in [-0.2, 0) is 4.79 Å². The van der Waals surface area contributed by atoms with Crippen LogP contribution in [0.4, 0.5) is 10.5 Å². The van der Waals surface area contributed by atoms with Crippen LogP contribution in [0.15, 0.2) is 12.1 Å². The Balaban J connectivity index is 2.02. The lowest BCUT2D eigenvalue weighted by atomic mass is 9.95. The van der Waals surface area contributed by atoms with Gasteiger partial charge in [-0.1, -0.05) is 23.2 Å². The fraction of sp³-hybridized carbons (Fsp3) is 0.467. The number of benzene rings is 1. The number of piperidine rings is 1. The van der Waals surface area contributed by atoms with Crippen molar-refractivity contribution in [2.45, 2.75) is 26.2 Å². The van der Waals surface area contributed by atoms with E-state index >= 15 is 0 Å². The van der Waals surface area contributed by atoms with Crippen molar-refractivity contribution in [3.8, 4) is 0 Å². The fourth-order valence-corrected chi connectivity index (χ4v) is 3.07. The van der Waals surface area contributed by atoms with Crippen LogP contribution in [0.3, 0.4) is 0 Å². The second-order valence-electron chi connectivity index (χ2n) is 5.64. The summed E-state index contributed by atoms with van der Waals surface area (Å²) in [5.74, 6) is -0.213. The van der Waals surface area contributed by atoms with Gasteiger partial charge in [-0.3, -0.25) is 4.79 Å². The molecule has 0 radical (unpaired) electrons. The van der Waals surface area contributed by atoms with Gasteiger partial charge in [-0.25, -0.2) is 4.79 Å². The van der Waals surface area contributed by atoms with Gasteiger partial charge in [-0.05, 0) is 43.4 Å². The molecule has 0 saturated carbocycles. The number of amides is 3. The van der Waals surface area contributed by atoms with Crippen molar-refractivity contribution in [2.24, 2.45) is 11.7 Å². The van der Waals surface area contributed by atoms with E-state index in [4.69, 9.17) is 28.9 Å². The molecular weight excluding hydrogens is 325 g/mol. The maximum atomic E-state index is 12.3. The zero-order valence-corrected chi connectivity index (χ0v) is 13.9. The first kappa shape index (κ1) is 16.9. The Morgan fingerprint density at radius 1 is 1.36 bits per heavy atom. The van der Waals surface area contributed by atoms with Gasteiger partial charge < -0.3 is 16.0 Å². The molecule has 7 heteroatoms. The quantitative estimate of drug-likeness (QED) is 0.882. The molecule has 1 fully saturated rings. The van der Waals surface area contributed by atoms with Crippen molar-refractivity contribution in [1.29, 1.82) is 0 Å². The topological polar surface area (TPSA) is 75.4 Å². The number of anilines is 1. The zero-order valence-electron chi connectivity index (χ0n) is 12.4. The maximum absolute atomic E-state index is 12.3. The Bertz CT molecular complexity index is 592. The minimum absolute atomic E-state index is 0.120. The van der Waals surface area contributed by atoms with E-state index in [1.165, 1.54) is 0 Å². The van der Waals surface area contributed by atoms with Crippen LogP contribution >= 0.6 is 23.2 Å². The highest BCUT2D eigenvalue weighted by Crippen LogP contribution is 2.29. The maximum Gasteiger partial charge on any atom is 0.321 e. The summed E-state index contributed by atoms with van der Waals surface area (Å²) in [6, 6.07) is 3.11. The summed E-state index contributed by atoms with van der Waals surface area (Å²) in [6.45, 7) is 3.02. The lowest BCUT2D eigenvalue weighted by Crippen LogP contribution is -2.43. The summed E-state index contributed by atoms with van der Waals surface area (Å²) in [5, 5.41) is 3.77. The zero-order chi connectivity index (χ0) is 16.3. The second-order valence-corrected chi connectivity index (χ2v) is 6.45. The third-order valence-corrected chi connectivity index (χ3v) is 4.51. The van der Waals surface area contributed by atoms with Gasteiger partial charge in [0.1, 0.15) is 0 Å². The van der Waals surface area contributed by atoms with Gasteiger partial charge in [0.25, 0.3) is 0 Å². The van der Waals surface area contributed by atoms with Crippen LogP contribution in [0.25, 0.3) is 0 Å². The monoisotopic (exact) mass is 343 g/mol. The van der Waals surface area contributed by atoms with E-state index in [1.54, 1.807) is 17.0 Å². The SMILES string of the molecule is Cc1cc(Cl)c(NC(=O)N2CCC[C@@H](CC(N)=O)C2)cc1Cl. The number of primary amides is 1. The van der Waals surface area contributed by atoms with Crippen molar-refractivity contribution in [3.63, 3.8) is 0 Å². The van der Waals surface area contributed by atoms with Gasteiger partial charge in [0.2, 0.25) is 5.91 Å². The van der Waals surface area contributed by atoms with Crippen molar-refractivity contribution in [2.75, 3.05) is 18.4 Å². The minimum Gasteiger partial charge on any atom is -0.370 e. The smallest absolute Gasteiger partial charge is 0.321 e. The van der Waals surface area contributed by atoms with Crippen LogP contribution in [0.1, 0.15) is 24.8 Å². The molecule has 1 aliphatic rings. The molecule has 120 valence electrons. The van der Waals surface area contributed by atoms with Crippen molar-refractivity contribution >= 4 is 40.8 Å². The van der Waals surface area contributed by atoms with Crippen LogP contribution in [0, 0.1) is 12.8 Å². The highest BCUT2D eigenvalue weighted by Gasteiger charge is 2.25. The number of nitrogens with zero attached hydrogens (tertiary/aromatic N) is 1. The Hall–Kier alpha value is -1.46. The predicted octanol–water partition coefficient (Wildman–Crippen LogP) is 3.42. The standard InChI is InChI=1S/C15H19Cl2N3O2/c1-9-5-12(17)13(7-11(9)16)19-15(22)20-4-2-3-10(8-20)6-14(18)21/h5,7,10H,2-4,6,8H2,1H3,(H2,18,21)(H,19,22)/t10-/m0/s1. The fourth-order valence-electron chi connectivity index (χ4n) is 2.64. The third kappa shape index (κ3) is 4.27. The molecule has 2 rings (SSSR count). The number of rotatable bonds is 3. The number of halogens is 2. The van der Waals surface area contributed by atoms with Gasteiger partial charge in [0, 0.05) is 24.5 Å². The minimum atomic E-state index is -0.333. The Labute approximate surface area is 139 Å². The molecule has 0 spiro atoms. The lowest BCUT2D eigenvalue weighted by Gasteiger charge is -2.32. The molecule has 1 aromatic carbocycles.